The highest BCUT2D eigenvalue weighted by Gasteiger charge is 2.28. The second-order valence-corrected chi connectivity index (χ2v) is 10.2. The van der Waals surface area contributed by atoms with Crippen molar-refractivity contribution in [3.05, 3.63) is 82.4 Å². The topological polar surface area (TPSA) is 97.3 Å². The number of nitrogens with zero attached hydrogens (tertiary/aromatic N) is 2. The molecule has 0 aromatic heterocycles. The zero-order valence-electron chi connectivity index (χ0n) is 19.2. The molecule has 0 radical (unpaired) electrons. The molecule has 1 aliphatic rings. The van der Waals surface area contributed by atoms with E-state index in [0.717, 1.165) is 9.87 Å². The van der Waals surface area contributed by atoms with Gasteiger partial charge in [-0.25, -0.2) is 13.8 Å². The summed E-state index contributed by atoms with van der Waals surface area (Å²) in [7, 11) is -4.05. The molecule has 1 amide bonds. The van der Waals surface area contributed by atoms with E-state index in [0.29, 0.717) is 46.5 Å². The number of sulfonamides is 1. The molecule has 0 spiro atoms. The molecule has 0 fully saturated rings. The number of amides is 1. The molecule has 3 aromatic rings. The number of anilines is 1. The highest BCUT2D eigenvalue weighted by molar-refractivity contribution is 7.92. The van der Waals surface area contributed by atoms with Gasteiger partial charge in [0, 0.05) is 10.6 Å². The van der Waals surface area contributed by atoms with Crippen molar-refractivity contribution in [2.45, 2.75) is 18.7 Å². The summed E-state index contributed by atoms with van der Waals surface area (Å²) < 4.78 is 39.3. The normalized spacial score (nSPS) is 13.0. The number of rotatable bonds is 7. The molecule has 182 valence electrons. The van der Waals surface area contributed by atoms with Gasteiger partial charge < -0.3 is 9.47 Å². The van der Waals surface area contributed by atoms with Gasteiger partial charge >= 0.3 is 0 Å². The van der Waals surface area contributed by atoms with Gasteiger partial charge in [0.1, 0.15) is 19.8 Å². The van der Waals surface area contributed by atoms with Crippen LogP contribution in [-0.4, -0.2) is 40.3 Å². The minimum absolute atomic E-state index is 0.0711. The Hall–Kier alpha value is -3.56. The minimum atomic E-state index is -4.05. The van der Waals surface area contributed by atoms with E-state index in [2.05, 4.69) is 10.5 Å². The van der Waals surface area contributed by atoms with Gasteiger partial charge in [0.25, 0.3) is 15.9 Å². The zero-order chi connectivity index (χ0) is 25.0. The summed E-state index contributed by atoms with van der Waals surface area (Å²) in [6, 6.07) is 16.6. The maximum atomic E-state index is 13.5. The average molecular weight is 514 g/mol. The van der Waals surface area contributed by atoms with Crippen LogP contribution < -0.4 is 19.2 Å². The van der Waals surface area contributed by atoms with Crippen LogP contribution in [0.1, 0.15) is 16.7 Å². The molecule has 0 saturated heterocycles. The molecule has 3 aromatic carbocycles. The molecule has 35 heavy (non-hydrogen) atoms. The van der Waals surface area contributed by atoms with Gasteiger partial charge in [0.2, 0.25) is 0 Å². The fraction of sp³-hybridized carbons (Fsp3) is 0.200. The Balaban J connectivity index is 1.58. The fourth-order valence-corrected chi connectivity index (χ4v) is 5.29. The molecular weight excluding hydrogens is 490 g/mol. The van der Waals surface area contributed by atoms with E-state index in [9.17, 15) is 13.2 Å². The minimum Gasteiger partial charge on any atom is -0.486 e. The van der Waals surface area contributed by atoms with Gasteiger partial charge in [0.05, 0.1) is 16.8 Å². The van der Waals surface area contributed by atoms with Crippen molar-refractivity contribution in [2.75, 3.05) is 24.1 Å². The number of nitrogens with one attached hydrogen (secondary N) is 1. The first-order valence-electron chi connectivity index (χ1n) is 10.8. The number of hydrogen-bond acceptors (Lipinski definition) is 6. The van der Waals surface area contributed by atoms with E-state index in [4.69, 9.17) is 21.1 Å². The lowest BCUT2D eigenvalue weighted by Gasteiger charge is -2.25. The van der Waals surface area contributed by atoms with Crippen LogP contribution in [0.4, 0.5) is 5.69 Å². The molecule has 10 heteroatoms. The quantitative estimate of drug-likeness (QED) is 0.379. The third kappa shape index (κ3) is 5.58. The summed E-state index contributed by atoms with van der Waals surface area (Å²) >= 11 is 6.07. The summed E-state index contributed by atoms with van der Waals surface area (Å²) in [5, 5.41) is 4.46. The second-order valence-electron chi connectivity index (χ2n) is 7.92. The molecule has 0 bridgehead atoms. The van der Waals surface area contributed by atoms with Crippen molar-refractivity contribution in [1.29, 1.82) is 0 Å². The summed E-state index contributed by atoms with van der Waals surface area (Å²) in [6.07, 6.45) is 1.43. The number of carbonyl (C=O) groups excluding carboxylic acids is 1. The first-order valence-corrected chi connectivity index (χ1v) is 12.6. The number of fused-ring (bicyclic) bond motifs is 1. The molecule has 0 unspecified atom stereocenters. The van der Waals surface area contributed by atoms with Crippen molar-refractivity contribution in [3.63, 3.8) is 0 Å². The van der Waals surface area contributed by atoms with Gasteiger partial charge in [0.15, 0.2) is 11.5 Å². The Morgan fingerprint density at radius 1 is 1.09 bits per heavy atom. The standard InChI is InChI=1S/C25H24ClN3O5S/c1-17-6-9-21(10-7-17)35(31,32)29(22-11-8-20(26)14-18(22)2)16-24(30)28-27-15-19-4-3-5-23-25(19)34-13-12-33-23/h3-11,14-15H,12-13,16H2,1-2H3,(H,28,30)/b27-15-. The summed E-state index contributed by atoms with van der Waals surface area (Å²) in [5.41, 5.74) is 4.90. The molecule has 0 aliphatic carbocycles. The predicted molar refractivity (Wildman–Crippen MR) is 135 cm³/mol. The Morgan fingerprint density at radius 2 is 1.83 bits per heavy atom. The number of hydrazone groups is 1. The fourth-order valence-electron chi connectivity index (χ4n) is 3.57. The number of aryl methyl sites for hydroxylation is 2. The van der Waals surface area contributed by atoms with Crippen molar-refractivity contribution < 1.29 is 22.7 Å². The maximum Gasteiger partial charge on any atom is 0.264 e. The van der Waals surface area contributed by atoms with Crippen LogP contribution >= 0.6 is 11.6 Å². The predicted octanol–water partition coefficient (Wildman–Crippen LogP) is 4.07. The highest BCUT2D eigenvalue weighted by atomic mass is 35.5. The Labute approximate surface area is 209 Å². The molecule has 0 atom stereocenters. The van der Waals surface area contributed by atoms with Gasteiger partial charge in [-0.05, 0) is 61.9 Å². The van der Waals surface area contributed by atoms with Crippen LogP contribution in [-0.2, 0) is 14.8 Å². The van der Waals surface area contributed by atoms with E-state index in [1.54, 1.807) is 55.5 Å². The van der Waals surface area contributed by atoms with Crippen molar-refractivity contribution >= 4 is 39.4 Å². The lowest BCUT2D eigenvalue weighted by atomic mass is 10.2. The highest BCUT2D eigenvalue weighted by Crippen LogP contribution is 2.32. The van der Waals surface area contributed by atoms with E-state index < -0.39 is 22.5 Å². The number of carbonyl (C=O) groups is 1. The van der Waals surface area contributed by atoms with Gasteiger partial charge in [-0.2, -0.15) is 5.10 Å². The van der Waals surface area contributed by atoms with Crippen molar-refractivity contribution in [1.82, 2.24) is 5.43 Å². The maximum absolute atomic E-state index is 13.5. The molecule has 1 N–H and O–H groups in total. The lowest BCUT2D eigenvalue weighted by molar-refractivity contribution is -0.119. The third-order valence-electron chi connectivity index (χ3n) is 5.31. The summed E-state index contributed by atoms with van der Waals surface area (Å²) in [4.78, 5) is 12.9. The average Bonchev–Trinajstić information content (AvgIpc) is 2.83. The number of para-hydroxylation sites is 1. The van der Waals surface area contributed by atoms with Crippen LogP contribution in [0.15, 0.2) is 70.7 Å². The largest absolute Gasteiger partial charge is 0.486 e. The van der Waals surface area contributed by atoms with Crippen LogP contribution in [0.5, 0.6) is 11.5 Å². The molecule has 8 nitrogen and oxygen atoms in total. The Morgan fingerprint density at radius 3 is 2.57 bits per heavy atom. The lowest BCUT2D eigenvalue weighted by Crippen LogP contribution is -2.40. The second kappa shape index (κ2) is 10.4. The van der Waals surface area contributed by atoms with Crippen molar-refractivity contribution in [2.24, 2.45) is 5.10 Å². The third-order valence-corrected chi connectivity index (χ3v) is 7.32. The number of benzene rings is 3. The molecule has 1 aliphatic heterocycles. The van der Waals surface area contributed by atoms with E-state index in [1.165, 1.54) is 18.3 Å². The zero-order valence-corrected chi connectivity index (χ0v) is 20.8. The van der Waals surface area contributed by atoms with Gasteiger partial charge in [-0.1, -0.05) is 35.4 Å². The molecule has 4 rings (SSSR count). The van der Waals surface area contributed by atoms with E-state index >= 15 is 0 Å². The Bertz CT molecular complexity index is 1370. The SMILES string of the molecule is Cc1ccc(S(=O)(=O)N(CC(=O)N/N=C\c2cccc3c2OCCO3)c2ccc(Cl)cc2C)cc1. The number of hydrogen-bond donors (Lipinski definition) is 1. The molecular formula is C25H24ClN3O5S. The number of ether oxygens (including phenoxy) is 2. The van der Waals surface area contributed by atoms with E-state index in [1.807, 2.05) is 6.92 Å². The Kier molecular flexibility index (Phi) is 7.28. The summed E-state index contributed by atoms with van der Waals surface area (Å²) in [6.45, 7) is 3.98. The first-order chi connectivity index (χ1) is 16.8. The molecule has 1 heterocycles. The van der Waals surface area contributed by atoms with Crippen molar-refractivity contribution in [3.8, 4) is 11.5 Å². The van der Waals surface area contributed by atoms with Crippen LogP contribution in [0.2, 0.25) is 5.02 Å². The summed E-state index contributed by atoms with van der Waals surface area (Å²) in [5.74, 6) is 0.519. The van der Waals surface area contributed by atoms with Gasteiger partial charge in [-0.15, -0.1) is 0 Å². The number of halogens is 1. The van der Waals surface area contributed by atoms with Crippen LogP contribution in [0.3, 0.4) is 0 Å². The smallest absolute Gasteiger partial charge is 0.264 e. The van der Waals surface area contributed by atoms with E-state index in [-0.39, 0.29) is 4.90 Å². The van der Waals surface area contributed by atoms with Gasteiger partial charge in [-0.3, -0.25) is 9.10 Å². The monoisotopic (exact) mass is 513 g/mol. The van der Waals surface area contributed by atoms with Crippen LogP contribution in [0.25, 0.3) is 0 Å². The molecule has 0 saturated carbocycles. The first kappa shape index (κ1) is 24.6. The van der Waals surface area contributed by atoms with Crippen LogP contribution in [0, 0.1) is 13.8 Å².